The van der Waals surface area contributed by atoms with Gasteiger partial charge in [0.2, 0.25) is 0 Å². The third-order valence-electron chi connectivity index (χ3n) is 2.78. The maximum absolute atomic E-state index is 13.0. The van der Waals surface area contributed by atoms with Crippen LogP contribution in [0.1, 0.15) is 30.9 Å². The Hall–Kier alpha value is -0.800. The summed E-state index contributed by atoms with van der Waals surface area (Å²) in [4.78, 5) is 0. The Balaban J connectivity index is 2.22. The van der Waals surface area contributed by atoms with Crippen molar-refractivity contribution in [2.75, 3.05) is 0 Å². The van der Waals surface area contributed by atoms with Gasteiger partial charge in [-0.05, 0) is 18.4 Å². The Kier molecular flexibility index (Phi) is 2.85. The fourth-order valence-corrected chi connectivity index (χ4v) is 1.87. The molecule has 1 fully saturated rings. The zero-order valence-corrected chi connectivity index (χ0v) is 8.97. The average Bonchev–Trinajstić information content (AvgIpc) is 2.98. The van der Waals surface area contributed by atoms with Crippen LogP contribution in [0.15, 0.2) is 12.1 Å². The van der Waals surface area contributed by atoms with Crippen molar-refractivity contribution in [1.29, 1.82) is 0 Å². The normalized spacial score (nSPS) is 17.8. The first-order valence-electron chi connectivity index (χ1n) is 5.02. The molecule has 0 unspecified atom stereocenters. The van der Waals surface area contributed by atoms with Crippen molar-refractivity contribution in [3.05, 3.63) is 28.5 Å². The molecule has 0 saturated heterocycles. The van der Waals surface area contributed by atoms with Gasteiger partial charge in [-0.25, -0.2) is 4.39 Å². The van der Waals surface area contributed by atoms with Gasteiger partial charge in [0, 0.05) is 11.6 Å². The first-order valence-corrected chi connectivity index (χ1v) is 5.40. The van der Waals surface area contributed by atoms with Crippen LogP contribution in [0.3, 0.4) is 0 Å². The van der Waals surface area contributed by atoms with E-state index in [4.69, 9.17) is 17.3 Å². The maximum atomic E-state index is 13.0. The van der Waals surface area contributed by atoms with Gasteiger partial charge in [-0.15, -0.1) is 0 Å². The zero-order chi connectivity index (χ0) is 11.0. The molecule has 1 aromatic carbocycles. The van der Waals surface area contributed by atoms with Gasteiger partial charge in [0.05, 0.1) is 0 Å². The largest absolute Gasteiger partial charge is 0.506 e. The molecular formula is C11H13ClFNO. The molecule has 0 amide bonds. The highest BCUT2D eigenvalue weighted by molar-refractivity contribution is 6.32. The molecule has 0 aliphatic heterocycles. The Bertz CT molecular complexity index is 379. The second-order valence-electron chi connectivity index (χ2n) is 4.08. The number of nitrogens with two attached hydrogens (primary N) is 1. The fourth-order valence-electron chi connectivity index (χ4n) is 1.69. The second kappa shape index (κ2) is 3.99. The second-order valence-corrected chi connectivity index (χ2v) is 4.46. The minimum absolute atomic E-state index is 0.218. The van der Waals surface area contributed by atoms with Crippen LogP contribution in [0.25, 0.3) is 0 Å². The highest BCUT2D eigenvalue weighted by Crippen LogP contribution is 2.40. The molecule has 0 radical (unpaired) electrons. The first-order chi connectivity index (χ1) is 7.09. The Morgan fingerprint density at radius 2 is 2.20 bits per heavy atom. The number of hydrogen-bond donors (Lipinski definition) is 2. The minimum Gasteiger partial charge on any atom is -0.506 e. The molecule has 0 heterocycles. The highest BCUT2D eigenvalue weighted by atomic mass is 35.5. The van der Waals surface area contributed by atoms with Crippen molar-refractivity contribution in [2.45, 2.75) is 25.3 Å². The number of hydrogen-bond acceptors (Lipinski definition) is 2. The van der Waals surface area contributed by atoms with Crippen LogP contribution in [0.2, 0.25) is 5.02 Å². The monoisotopic (exact) mass is 229 g/mol. The Morgan fingerprint density at radius 3 is 2.80 bits per heavy atom. The summed E-state index contributed by atoms with van der Waals surface area (Å²) in [7, 11) is 0. The van der Waals surface area contributed by atoms with Gasteiger partial charge in [0.1, 0.15) is 16.6 Å². The first kappa shape index (κ1) is 10.7. The molecule has 0 spiro atoms. The fraction of sp³-hybridized carbons (Fsp3) is 0.455. The molecule has 1 aliphatic carbocycles. The van der Waals surface area contributed by atoms with Gasteiger partial charge >= 0.3 is 0 Å². The molecule has 3 N–H and O–H groups in total. The van der Waals surface area contributed by atoms with Crippen molar-refractivity contribution in [3.8, 4) is 5.75 Å². The third kappa shape index (κ3) is 2.24. The van der Waals surface area contributed by atoms with Crippen molar-refractivity contribution in [3.63, 3.8) is 0 Å². The third-order valence-corrected chi connectivity index (χ3v) is 3.14. The lowest BCUT2D eigenvalue weighted by Crippen LogP contribution is -2.11. The zero-order valence-electron chi connectivity index (χ0n) is 8.21. The summed E-state index contributed by atoms with van der Waals surface area (Å²) in [5.74, 6) is -0.176. The molecule has 4 heteroatoms. The number of aromatic hydroxyl groups is 1. The van der Waals surface area contributed by atoms with Crippen LogP contribution in [0, 0.1) is 11.7 Å². The number of phenolic OH excluding ortho intramolecular Hbond substituents is 1. The predicted octanol–water partition coefficient (Wildman–Crippen LogP) is 2.98. The van der Waals surface area contributed by atoms with E-state index in [2.05, 4.69) is 0 Å². The van der Waals surface area contributed by atoms with Crippen molar-refractivity contribution < 1.29 is 9.50 Å². The molecule has 2 rings (SSSR count). The maximum Gasteiger partial charge on any atom is 0.145 e. The molecule has 1 aliphatic rings. The summed E-state index contributed by atoms with van der Waals surface area (Å²) in [6.07, 6.45) is 3.22. The molecule has 82 valence electrons. The number of rotatable bonds is 3. The Morgan fingerprint density at radius 1 is 1.53 bits per heavy atom. The van der Waals surface area contributed by atoms with E-state index in [1.54, 1.807) is 0 Å². The topological polar surface area (TPSA) is 46.2 Å². The quantitative estimate of drug-likeness (QED) is 0.837. The van der Waals surface area contributed by atoms with Crippen LogP contribution in [0.4, 0.5) is 4.39 Å². The van der Waals surface area contributed by atoms with E-state index in [9.17, 15) is 9.50 Å². The minimum atomic E-state index is -0.614. The molecule has 1 atom stereocenters. The molecule has 1 saturated carbocycles. The summed E-state index contributed by atoms with van der Waals surface area (Å²) in [6, 6.07) is 2.49. The van der Waals surface area contributed by atoms with Crippen LogP contribution >= 0.6 is 11.6 Å². The summed E-state index contributed by atoms with van der Waals surface area (Å²) in [5, 5.41) is 9.39. The smallest absolute Gasteiger partial charge is 0.145 e. The van der Waals surface area contributed by atoms with Crippen molar-refractivity contribution in [2.24, 2.45) is 11.7 Å². The van der Waals surface area contributed by atoms with Crippen molar-refractivity contribution >= 4 is 11.6 Å². The lowest BCUT2D eigenvalue weighted by Gasteiger charge is -2.14. The van der Waals surface area contributed by atoms with Crippen LogP contribution in [-0.4, -0.2) is 5.11 Å². The molecular weight excluding hydrogens is 217 g/mol. The van der Waals surface area contributed by atoms with Gasteiger partial charge in [-0.1, -0.05) is 30.5 Å². The summed E-state index contributed by atoms with van der Waals surface area (Å²) in [6.45, 7) is 0. The van der Waals surface area contributed by atoms with Gasteiger partial charge in [-0.3, -0.25) is 0 Å². The lowest BCUT2D eigenvalue weighted by atomic mass is 10.0. The van der Waals surface area contributed by atoms with E-state index in [1.807, 2.05) is 0 Å². The SMILES string of the molecule is N[C@@H](CC1CC1)c1ccc(F)c(Cl)c1O. The van der Waals surface area contributed by atoms with Gasteiger partial charge in [-0.2, -0.15) is 0 Å². The van der Waals surface area contributed by atoms with Crippen molar-refractivity contribution in [1.82, 2.24) is 0 Å². The standard InChI is InChI=1S/C11H13ClFNO/c12-10-8(13)4-3-7(11(10)15)9(14)5-6-1-2-6/h3-4,6,9,15H,1-2,5,14H2/t9-/m0/s1. The number of phenols is 1. The Labute approximate surface area is 92.9 Å². The van der Waals surface area contributed by atoms with Crippen LogP contribution in [-0.2, 0) is 0 Å². The van der Waals surface area contributed by atoms with E-state index in [0.717, 1.165) is 6.42 Å². The summed E-state index contributed by atoms with van der Waals surface area (Å²) < 4.78 is 13.0. The van der Waals surface area contributed by atoms with E-state index < -0.39 is 5.82 Å². The van der Waals surface area contributed by atoms with E-state index in [-0.39, 0.29) is 16.8 Å². The molecule has 0 aromatic heterocycles. The molecule has 1 aromatic rings. The predicted molar refractivity (Wildman–Crippen MR) is 57.3 cm³/mol. The van der Waals surface area contributed by atoms with Gasteiger partial charge in [0.15, 0.2) is 0 Å². The van der Waals surface area contributed by atoms with E-state index in [0.29, 0.717) is 11.5 Å². The van der Waals surface area contributed by atoms with E-state index >= 15 is 0 Å². The van der Waals surface area contributed by atoms with Crippen LogP contribution in [0.5, 0.6) is 5.75 Å². The summed E-state index contributed by atoms with van der Waals surface area (Å²) in [5.41, 5.74) is 6.45. The van der Waals surface area contributed by atoms with Gasteiger partial charge < -0.3 is 10.8 Å². The highest BCUT2D eigenvalue weighted by Gasteiger charge is 2.26. The van der Waals surface area contributed by atoms with Gasteiger partial charge in [0.25, 0.3) is 0 Å². The average molecular weight is 230 g/mol. The molecule has 0 bridgehead atoms. The number of benzene rings is 1. The van der Waals surface area contributed by atoms with E-state index in [1.165, 1.54) is 25.0 Å². The summed E-state index contributed by atoms with van der Waals surface area (Å²) >= 11 is 5.60. The lowest BCUT2D eigenvalue weighted by molar-refractivity contribution is 0.450. The van der Waals surface area contributed by atoms with Crippen LogP contribution < -0.4 is 5.73 Å². The number of halogens is 2. The molecule has 15 heavy (non-hydrogen) atoms. The molecule has 2 nitrogen and oxygen atoms in total.